The summed E-state index contributed by atoms with van der Waals surface area (Å²) in [5.74, 6) is 5.29. The van der Waals surface area contributed by atoms with Crippen LogP contribution >= 0.6 is 0 Å². The van der Waals surface area contributed by atoms with Crippen molar-refractivity contribution in [3.63, 3.8) is 0 Å². The molecule has 1 aromatic carbocycles. The Bertz CT molecular complexity index is 606. The summed E-state index contributed by atoms with van der Waals surface area (Å²) in [5, 5.41) is 10.6. The Labute approximate surface area is 130 Å². The van der Waals surface area contributed by atoms with Crippen LogP contribution in [0.15, 0.2) is 29.8 Å². The van der Waals surface area contributed by atoms with Gasteiger partial charge in [-0.25, -0.2) is 4.79 Å². The molecule has 1 rings (SSSR count). The topological polar surface area (TPSA) is 69.4 Å². The van der Waals surface area contributed by atoms with Gasteiger partial charge in [-0.2, -0.15) is 0 Å². The molecule has 0 spiro atoms. The van der Waals surface area contributed by atoms with Gasteiger partial charge in [0.1, 0.15) is 5.57 Å². The minimum Gasteiger partial charge on any atom is -0.462 e. The zero-order chi connectivity index (χ0) is 16.4. The number of carbonyl (C=O) groups excluding carboxylic acids is 1. The summed E-state index contributed by atoms with van der Waals surface area (Å²) in [6, 6.07) is 5.93. The number of hydrogen-bond donors (Lipinski definition) is 0. The van der Waals surface area contributed by atoms with Gasteiger partial charge < -0.3 is 4.74 Å². The van der Waals surface area contributed by atoms with Gasteiger partial charge in [0.2, 0.25) is 0 Å². The molecule has 0 aromatic heterocycles. The lowest BCUT2D eigenvalue weighted by Gasteiger charge is -2.01. The van der Waals surface area contributed by atoms with E-state index in [-0.39, 0.29) is 17.9 Å². The number of carbonyl (C=O) groups is 1. The van der Waals surface area contributed by atoms with Crippen LogP contribution in [-0.4, -0.2) is 17.5 Å². The lowest BCUT2D eigenvalue weighted by Crippen LogP contribution is -2.06. The van der Waals surface area contributed by atoms with Crippen molar-refractivity contribution in [3.8, 4) is 11.8 Å². The Morgan fingerprint density at radius 2 is 2.00 bits per heavy atom. The highest BCUT2D eigenvalue weighted by Gasteiger charge is 2.09. The number of unbranched alkanes of at least 4 members (excludes halogenated alkanes) is 2. The highest BCUT2D eigenvalue weighted by Crippen LogP contribution is 2.15. The fourth-order valence-corrected chi connectivity index (χ4v) is 1.64. The maximum absolute atomic E-state index is 11.9. The number of nitro groups is 1. The first-order valence-corrected chi connectivity index (χ1v) is 7.20. The maximum atomic E-state index is 11.9. The van der Waals surface area contributed by atoms with Gasteiger partial charge in [0.05, 0.1) is 11.5 Å². The minimum atomic E-state index is -0.482. The van der Waals surface area contributed by atoms with Crippen molar-refractivity contribution in [1.82, 2.24) is 0 Å². The molecule has 0 saturated heterocycles. The number of benzene rings is 1. The van der Waals surface area contributed by atoms with Crippen LogP contribution in [0.25, 0.3) is 6.08 Å². The summed E-state index contributed by atoms with van der Waals surface area (Å²) in [5.41, 5.74) is 0.925. The highest BCUT2D eigenvalue weighted by atomic mass is 16.6. The lowest BCUT2D eigenvalue weighted by atomic mass is 10.1. The quantitative estimate of drug-likeness (QED) is 0.200. The molecule has 0 heterocycles. The van der Waals surface area contributed by atoms with E-state index in [1.807, 2.05) is 0 Å². The number of rotatable bonds is 6. The fraction of sp³-hybridized carbons (Fsp3) is 0.353. The molecule has 0 aliphatic heterocycles. The standard InChI is InChI=1S/C17H19NO4/c1-3-5-6-7-8-15(17(19)22-4-2)13-14-9-11-16(12-10-14)18(20)21/h9-13H,3-6H2,1-2H3/b15-13+. The number of esters is 1. The Hall–Kier alpha value is -2.61. The molecule has 22 heavy (non-hydrogen) atoms. The second kappa shape index (κ2) is 9.35. The van der Waals surface area contributed by atoms with Crippen LogP contribution in [0.1, 0.15) is 38.7 Å². The van der Waals surface area contributed by atoms with Crippen molar-refractivity contribution in [3.05, 3.63) is 45.5 Å². The van der Waals surface area contributed by atoms with Gasteiger partial charge in [-0.15, -0.1) is 0 Å². The van der Waals surface area contributed by atoms with E-state index < -0.39 is 10.9 Å². The van der Waals surface area contributed by atoms with E-state index in [9.17, 15) is 14.9 Å². The summed E-state index contributed by atoms with van der Waals surface area (Å²) < 4.78 is 4.98. The summed E-state index contributed by atoms with van der Waals surface area (Å²) in [6.07, 6.45) is 4.31. The molecule has 116 valence electrons. The molecule has 0 fully saturated rings. The van der Waals surface area contributed by atoms with Crippen LogP contribution in [0.5, 0.6) is 0 Å². The predicted octanol–water partition coefficient (Wildman–Crippen LogP) is 3.73. The monoisotopic (exact) mass is 301 g/mol. The van der Waals surface area contributed by atoms with Crippen LogP contribution in [-0.2, 0) is 9.53 Å². The Balaban J connectivity index is 2.99. The zero-order valence-corrected chi connectivity index (χ0v) is 12.8. The van der Waals surface area contributed by atoms with E-state index in [4.69, 9.17) is 4.74 Å². The van der Waals surface area contributed by atoms with E-state index >= 15 is 0 Å². The molecular weight excluding hydrogens is 282 g/mol. The molecule has 0 unspecified atom stereocenters. The SMILES string of the molecule is CCCCC#C/C(=C\c1ccc([N+](=O)[O-])cc1)C(=O)OCC. The summed E-state index contributed by atoms with van der Waals surface area (Å²) in [4.78, 5) is 22.0. The van der Waals surface area contributed by atoms with Crippen molar-refractivity contribution in [1.29, 1.82) is 0 Å². The minimum absolute atomic E-state index is 0.00358. The zero-order valence-electron chi connectivity index (χ0n) is 12.8. The van der Waals surface area contributed by atoms with E-state index in [1.165, 1.54) is 12.1 Å². The predicted molar refractivity (Wildman–Crippen MR) is 85.0 cm³/mol. The molecule has 0 radical (unpaired) electrons. The van der Waals surface area contributed by atoms with Gasteiger partial charge in [-0.05, 0) is 37.1 Å². The Kier molecular flexibility index (Phi) is 7.41. The van der Waals surface area contributed by atoms with Gasteiger partial charge in [-0.3, -0.25) is 10.1 Å². The molecule has 5 heteroatoms. The second-order valence-electron chi connectivity index (χ2n) is 4.53. The van der Waals surface area contributed by atoms with Crippen molar-refractivity contribution < 1.29 is 14.5 Å². The van der Waals surface area contributed by atoms with Crippen molar-refractivity contribution in [2.24, 2.45) is 0 Å². The molecule has 5 nitrogen and oxygen atoms in total. The van der Waals surface area contributed by atoms with E-state index in [0.29, 0.717) is 12.0 Å². The molecule has 0 aliphatic rings. The van der Waals surface area contributed by atoms with Crippen LogP contribution in [0, 0.1) is 22.0 Å². The Morgan fingerprint density at radius 1 is 1.32 bits per heavy atom. The van der Waals surface area contributed by atoms with Crippen molar-refractivity contribution in [2.75, 3.05) is 6.61 Å². The van der Waals surface area contributed by atoms with Gasteiger partial charge in [0.15, 0.2) is 0 Å². The van der Waals surface area contributed by atoms with Gasteiger partial charge in [-0.1, -0.05) is 25.2 Å². The summed E-state index contributed by atoms with van der Waals surface area (Å²) >= 11 is 0. The molecule has 1 aromatic rings. The second-order valence-corrected chi connectivity index (χ2v) is 4.53. The van der Waals surface area contributed by atoms with Gasteiger partial charge >= 0.3 is 5.97 Å². The van der Waals surface area contributed by atoms with Crippen molar-refractivity contribution >= 4 is 17.7 Å². The number of ether oxygens (including phenoxy) is 1. The third-order valence-corrected chi connectivity index (χ3v) is 2.79. The normalized spacial score (nSPS) is 10.5. The first kappa shape index (κ1) is 17.4. The fourth-order valence-electron chi connectivity index (χ4n) is 1.64. The smallest absolute Gasteiger partial charge is 0.346 e. The van der Waals surface area contributed by atoms with Crippen LogP contribution < -0.4 is 0 Å². The Morgan fingerprint density at radius 3 is 2.55 bits per heavy atom. The molecule has 0 saturated carbocycles. The van der Waals surface area contributed by atoms with E-state index in [1.54, 1.807) is 25.1 Å². The number of nitro benzene ring substituents is 1. The van der Waals surface area contributed by atoms with Crippen LogP contribution in [0.2, 0.25) is 0 Å². The van der Waals surface area contributed by atoms with E-state index in [0.717, 1.165) is 12.8 Å². The third-order valence-electron chi connectivity index (χ3n) is 2.79. The third kappa shape index (κ3) is 5.80. The van der Waals surface area contributed by atoms with E-state index in [2.05, 4.69) is 18.8 Å². The molecule has 0 atom stereocenters. The molecular formula is C17H19NO4. The molecule has 0 amide bonds. The molecule has 0 bridgehead atoms. The van der Waals surface area contributed by atoms with Gasteiger partial charge in [0.25, 0.3) is 5.69 Å². The number of non-ortho nitro benzene ring substituents is 1. The highest BCUT2D eigenvalue weighted by molar-refractivity contribution is 5.98. The lowest BCUT2D eigenvalue weighted by molar-refractivity contribution is -0.384. The maximum Gasteiger partial charge on any atom is 0.346 e. The van der Waals surface area contributed by atoms with Crippen LogP contribution in [0.3, 0.4) is 0 Å². The number of nitrogens with zero attached hydrogens (tertiary/aromatic N) is 1. The summed E-state index contributed by atoms with van der Waals surface area (Å²) in [7, 11) is 0. The average molecular weight is 301 g/mol. The average Bonchev–Trinajstić information content (AvgIpc) is 2.51. The van der Waals surface area contributed by atoms with Crippen molar-refractivity contribution in [2.45, 2.75) is 33.1 Å². The summed E-state index contributed by atoms with van der Waals surface area (Å²) in [6.45, 7) is 4.07. The molecule has 0 aliphatic carbocycles. The first-order valence-electron chi connectivity index (χ1n) is 7.20. The first-order chi connectivity index (χ1) is 10.6. The largest absolute Gasteiger partial charge is 0.462 e. The molecule has 0 N–H and O–H groups in total. The van der Waals surface area contributed by atoms with Crippen LogP contribution in [0.4, 0.5) is 5.69 Å². The van der Waals surface area contributed by atoms with Gasteiger partial charge in [0, 0.05) is 18.6 Å². The number of hydrogen-bond acceptors (Lipinski definition) is 4.